The lowest BCUT2D eigenvalue weighted by atomic mass is 10.3. The average Bonchev–Trinajstić information content (AvgIpc) is 3.02. The second-order valence-corrected chi connectivity index (χ2v) is 4.52. The maximum Gasteiger partial charge on any atom is 0.143 e. The van der Waals surface area contributed by atoms with E-state index in [0.29, 0.717) is 0 Å². The van der Waals surface area contributed by atoms with Crippen LogP contribution in [0.5, 0.6) is 0 Å². The van der Waals surface area contributed by atoms with E-state index < -0.39 is 0 Å². The molecule has 2 N–H and O–H groups in total. The second-order valence-electron chi connectivity index (χ2n) is 4.52. The fraction of sp³-hybridized carbons (Fsp3) is 0.308. The van der Waals surface area contributed by atoms with Crippen molar-refractivity contribution in [1.82, 2.24) is 24.5 Å². The van der Waals surface area contributed by atoms with Crippen molar-refractivity contribution in [1.29, 1.82) is 0 Å². The number of hydrogen-bond acceptors (Lipinski definition) is 4. The lowest BCUT2D eigenvalue weighted by molar-refractivity contribution is 0.660. The van der Waals surface area contributed by atoms with Crippen LogP contribution in [0.2, 0.25) is 0 Å². The summed E-state index contributed by atoms with van der Waals surface area (Å²) in [5.74, 6) is 0.889. The van der Waals surface area contributed by atoms with Crippen molar-refractivity contribution in [3.05, 3.63) is 36.8 Å². The molecule has 0 saturated heterocycles. The van der Waals surface area contributed by atoms with Gasteiger partial charge in [-0.2, -0.15) is 0 Å². The van der Waals surface area contributed by atoms with Crippen LogP contribution >= 0.6 is 0 Å². The molecular weight excluding hydrogens is 240 g/mol. The molecule has 0 bridgehead atoms. The minimum absolute atomic E-state index is 0.870. The third-order valence-corrected chi connectivity index (χ3v) is 3.01. The predicted octanol–water partition coefficient (Wildman–Crippen LogP) is 1.97. The van der Waals surface area contributed by atoms with Gasteiger partial charge >= 0.3 is 0 Å². The van der Waals surface area contributed by atoms with Crippen LogP contribution in [0.4, 0.5) is 5.82 Å². The first kappa shape index (κ1) is 11.7. The zero-order valence-corrected chi connectivity index (χ0v) is 10.8. The van der Waals surface area contributed by atoms with Gasteiger partial charge in [-0.15, -0.1) is 0 Å². The van der Waals surface area contributed by atoms with E-state index in [9.17, 15) is 0 Å². The average molecular weight is 256 g/mol. The summed E-state index contributed by atoms with van der Waals surface area (Å²) in [4.78, 5) is 15.7. The van der Waals surface area contributed by atoms with Crippen LogP contribution in [0.3, 0.4) is 0 Å². The highest BCUT2D eigenvalue weighted by atomic mass is 15.0. The van der Waals surface area contributed by atoms with Crippen molar-refractivity contribution in [3.8, 4) is 0 Å². The van der Waals surface area contributed by atoms with Gasteiger partial charge in [0.15, 0.2) is 0 Å². The van der Waals surface area contributed by atoms with Gasteiger partial charge in [-0.3, -0.25) is 0 Å². The SMILES string of the molecule is Cc1cc2c(NCCCn3ccnc3)ncnc2[nH]1. The third kappa shape index (κ3) is 2.57. The van der Waals surface area contributed by atoms with Crippen molar-refractivity contribution in [2.75, 3.05) is 11.9 Å². The lowest BCUT2D eigenvalue weighted by Crippen LogP contribution is -2.07. The highest BCUT2D eigenvalue weighted by Crippen LogP contribution is 2.19. The number of aryl methyl sites for hydroxylation is 2. The zero-order valence-electron chi connectivity index (χ0n) is 10.8. The van der Waals surface area contributed by atoms with E-state index in [2.05, 4.69) is 35.9 Å². The fourth-order valence-corrected chi connectivity index (χ4v) is 2.10. The Balaban J connectivity index is 1.62. The van der Waals surface area contributed by atoms with Crippen LogP contribution in [-0.2, 0) is 6.54 Å². The summed E-state index contributed by atoms with van der Waals surface area (Å²) in [5, 5.41) is 4.40. The van der Waals surface area contributed by atoms with Gasteiger partial charge in [0.05, 0.1) is 11.7 Å². The molecule has 0 atom stereocenters. The summed E-state index contributed by atoms with van der Waals surface area (Å²) in [5.41, 5.74) is 1.97. The van der Waals surface area contributed by atoms with E-state index in [0.717, 1.165) is 42.1 Å². The molecule has 98 valence electrons. The highest BCUT2D eigenvalue weighted by Gasteiger charge is 2.05. The molecule has 3 heterocycles. The number of H-pyrrole nitrogens is 1. The molecule has 0 aliphatic heterocycles. The van der Waals surface area contributed by atoms with Gasteiger partial charge in [0.25, 0.3) is 0 Å². The van der Waals surface area contributed by atoms with Gasteiger partial charge in [-0.25, -0.2) is 15.0 Å². The maximum atomic E-state index is 4.29. The van der Waals surface area contributed by atoms with E-state index in [4.69, 9.17) is 0 Å². The molecule has 6 heteroatoms. The Morgan fingerprint density at radius 2 is 2.32 bits per heavy atom. The van der Waals surface area contributed by atoms with Crippen LogP contribution in [0.15, 0.2) is 31.1 Å². The smallest absolute Gasteiger partial charge is 0.143 e. The summed E-state index contributed by atoms with van der Waals surface area (Å²) in [6, 6.07) is 2.06. The molecule has 0 spiro atoms. The van der Waals surface area contributed by atoms with Crippen LogP contribution in [0.1, 0.15) is 12.1 Å². The molecule has 0 fully saturated rings. The van der Waals surface area contributed by atoms with Crippen LogP contribution in [0, 0.1) is 6.92 Å². The molecule has 0 radical (unpaired) electrons. The summed E-state index contributed by atoms with van der Waals surface area (Å²) in [6.45, 7) is 3.84. The lowest BCUT2D eigenvalue weighted by Gasteiger charge is -2.06. The topological polar surface area (TPSA) is 71.4 Å². The Bertz CT molecular complexity index is 655. The Labute approximate surface area is 110 Å². The first-order valence-electron chi connectivity index (χ1n) is 6.33. The minimum Gasteiger partial charge on any atom is -0.369 e. The van der Waals surface area contributed by atoms with Gasteiger partial charge < -0.3 is 14.9 Å². The molecule has 0 saturated carbocycles. The minimum atomic E-state index is 0.870. The molecular formula is C13H16N6. The molecule has 3 rings (SSSR count). The number of nitrogens with zero attached hydrogens (tertiary/aromatic N) is 4. The van der Waals surface area contributed by atoms with Crippen molar-refractivity contribution in [2.45, 2.75) is 19.9 Å². The van der Waals surface area contributed by atoms with E-state index in [1.165, 1.54) is 0 Å². The summed E-state index contributed by atoms with van der Waals surface area (Å²) >= 11 is 0. The number of imidazole rings is 1. The van der Waals surface area contributed by atoms with Gasteiger partial charge in [0.2, 0.25) is 0 Å². The Hall–Kier alpha value is -2.37. The molecule has 19 heavy (non-hydrogen) atoms. The van der Waals surface area contributed by atoms with Crippen molar-refractivity contribution in [3.63, 3.8) is 0 Å². The quantitative estimate of drug-likeness (QED) is 0.685. The number of aromatic nitrogens is 5. The van der Waals surface area contributed by atoms with Gasteiger partial charge in [0, 0.05) is 31.2 Å². The Morgan fingerprint density at radius 1 is 1.37 bits per heavy atom. The van der Waals surface area contributed by atoms with Crippen LogP contribution in [0.25, 0.3) is 11.0 Å². The monoisotopic (exact) mass is 256 g/mol. The third-order valence-electron chi connectivity index (χ3n) is 3.01. The standard InChI is InChI=1S/C13H16N6/c1-10-7-11-12(16-8-17-13(11)18-10)15-3-2-5-19-6-4-14-9-19/h4,6-9H,2-3,5H2,1H3,(H2,15,16,17,18). The Morgan fingerprint density at radius 3 is 3.16 bits per heavy atom. The number of hydrogen-bond donors (Lipinski definition) is 2. The van der Waals surface area contributed by atoms with Crippen LogP contribution < -0.4 is 5.32 Å². The molecule has 0 aliphatic rings. The molecule has 0 aromatic carbocycles. The maximum absolute atomic E-state index is 4.29. The number of nitrogens with one attached hydrogen (secondary N) is 2. The normalized spacial score (nSPS) is 11.0. The fourth-order valence-electron chi connectivity index (χ4n) is 2.10. The molecule has 3 aromatic heterocycles. The van der Waals surface area contributed by atoms with Crippen LogP contribution in [-0.4, -0.2) is 31.0 Å². The molecule has 3 aromatic rings. The predicted molar refractivity (Wildman–Crippen MR) is 74.0 cm³/mol. The molecule has 0 unspecified atom stereocenters. The largest absolute Gasteiger partial charge is 0.369 e. The van der Waals surface area contributed by atoms with E-state index in [-0.39, 0.29) is 0 Å². The Kier molecular flexibility index (Phi) is 3.14. The number of rotatable bonds is 5. The van der Waals surface area contributed by atoms with E-state index in [1.807, 2.05) is 19.4 Å². The van der Waals surface area contributed by atoms with Gasteiger partial charge in [-0.1, -0.05) is 0 Å². The first-order chi connectivity index (χ1) is 9.33. The first-order valence-corrected chi connectivity index (χ1v) is 6.33. The molecule has 6 nitrogen and oxygen atoms in total. The number of anilines is 1. The van der Waals surface area contributed by atoms with Crippen molar-refractivity contribution in [2.24, 2.45) is 0 Å². The van der Waals surface area contributed by atoms with Crippen molar-refractivity contribution >= 4 is 16.9 Å². The van der Waals surface area contributed by atoms with E-state index >= 15 is 0 Å². The zero-order chi connectivity index (χ0) is 13.1. The van der Waals surface area contributed by atoms with Gasteiger partial charge in [-0.05, 0) is 19.4 Å². The van der Waals surface area contributed by atoms with Crippen molar-refractivity contribution < 1.29 is 0 Å². The molecule has 0 aliphatic carbocycles. The molecule has 0 amide bonds. The van der Waals surface area contributed by atoms with E-state index in [1.54, 1.807) is 12.5 Å². The number of fused-ring (bicyclic) bond motifs is 1. The summed E-state index contributed by atoms with van der Waals surface area (Å²) < 4.78 is 2.07. The summed E-state index contributed by atoms with van der Waals surface area (Å²) in [6.07, 6.45) is 8.20. The number of aromatic amines is 1. The van der Waals surface area contributed by atoms with Gasteiger partial charge in [0.1, 0.15) is 17.8 Å². The second kappa shape index (κ2) is 5.09. The highest BCUT2D eigenvalue weighted by molar-refractivity contribution is 5.87. The summed E-state index contributed by atoms with van der Waals surface area (Å²) in [7, 11) is 0.